The monoisotopic (exact) mass is 606 g/mol. The Kier molecular flexibility index (Phi) is 5.92. The van der Waals surface area contributed by atoms with E-state index in [1.165, 1.54) is 61.3 Å². The predicted molar refractivity (Wildman–Crippen MR) is 194 cm³/mol. The lowest BCUT2D eigenvalue weighted by Gasteiger charge is -2.46. The van der Waals surface area contributed by atoms with Gasteiger partial charge in [0.15, 0.2) is 0 Å². The third-order valence-electron chi connectivity index (χ3n) is 10.7. The topological polar surface area (TPSA) is 24.3 Å². The van der Waals surface area contributed by atoms with Crippen LogP contribution in [0.4, 0.5) is 11.4 Å². The van der Waals surface area contributed by atoms with Crippen LogP contribution in [-0.4, -0.2) is 21.6 Å². The first-order valence-electron chi connectivity index (χ1n) is 16.8. The number of anilines is 2. The van der Waals surface area contributed by atoms with Gasteiger partial charge in [-0.25, -0.2) is 0 Å². The van der Waals surface area contributed by atoms with Crippen molar-refractivity contribution >= 4 is 38.8 Å². The number of para-hydroxylation sites is 3. The number of hydrogen-bond donors (Lipinski definition) is 0. The van der Waals surface area contributed by atoms with Gasteiger partial charge in [0.1, 0.15) is 0 Å². The second kappa shape index (κ2) is 10.5. The summed E-state index contributed by atoms with van der Waals surface area (Å²) in [4.78, 5) is 9.86. The zero-order chi connectivity index (χ0) is 30.9. The van der Waals surface area contributed by atoms with E-state index in [1.807, 2.05) is 6.20 Å². The van der Waals surface area contributed by atoms with Gasteiger partial charge in [-0.2, -0.15) is 0 Å². The van der Waals surface area contributed by atoms with Gasteiger partial charge in [0, 0.05) is 69.5 Å². The van der Waals surface area contributed by atoms with Gasteiger partial charge in [0.2, 0.25) is 0 Å². The van der Waals surface area contributed by atoms with Crippen LogP contribution in [0, 0.1) is 5.92 Å². The maximum Gasteiger partial charge on any atom is 0.0611 e. The molecule has 0 amide bonds. The van der Waals surface area contributed by atoms with E-state index >= 15 is 0 Å². The molecule has 0 N–H and O–H groups in total. The Balaban J connectivity index is 1.19. The van der Waals surface area contributed by atoms with Crippen LogP contribution in [0.15, 0.2) is 164 Å². The van der Waals surface area contributed by atoms with Gasteiger partial charge in [-0.05, 0) is 78.6 Å². The van der Waals surface area contributed by atoms with Crippen LogP contribution >= 0.6 is 0 Å². The molecule has 4 heteroatoms. The van der Waals surface area contributed by atoms with Crippen molar-refractivity contribution in [3.05, 3.63) is 175 Å². The van der Waals surface area contributed by atoms with Gasteiger partial charge in [-0.3, -0.25) is 4.98 Å². The number of nitrogens with zero attached hydrogens (tertiary/aromatic N) is 4. The zero-order valence-electron chi connectivity index (χ0n) is 26.0. The number of hydrogen-bond acceptors (Lipinski definition) is 3. The normalized spacial score (nSPS) is 22.7. The van der Waals surface area contributed by atoms with Crippen LogP contribution in [0.1, 0.15) is 29.9 Å². The first-order chi connectivity index (χ1) is 23.3. The molecule has 4 aliphatic rings. The third-order valence-corrected chi connectivity index (χ3v) is 10.7. The number of pyridine rings is 1. The van der Waals surface area contributed by atoms with E-state index in [-0.39, 0.29) is 18.0 Å². The average molecular weight is 607 g/mol. The first kappa shape index (κ1) is 26.6. The minimum absolute atomic E-state index is 0.118. The SMILES string of the molecule is C1=CC2=C(CC1)c1cnccc1C1C3C(C=CC1N2c1cccc(-n2c4ccccc4c4ccccc42)c1)C=CN3c1ccccc1. The van der Waals surface area contributed by atoms with Crippen molar-refractivity contribution in [2.24, 2.45) is 5.92 Å². The van der Waals surface area contributed by atoms with Crippen molar-refractivity contribution in [3.8, 4) is 5.69 Å². The second-order valence-corrected chi connectivity index (χ2v) is 13.1. The van der Waals surface area contributed by atoms with Gasteiger partial charge < -0.3 is 14.4 Å². The molecular formula is C43H34N4. The molecule has 4 heterocycles. The van der Waals surface area contributed by atoms with E-state index in [9.17, 15) is 0 Å². The van der Waals surface area contributed by atoms with Crippen LogP contribution < -0.4 is 9.80 Å². The highest BCUT2D eigenvalue weighted by atomic mass is 15.2. The maximum absolute atomic E-state index is 4.71. The molecule has 0 spiro atoms. The molecule has 2 aromatic heterocycles. The highest BCUT2D eigenvalue weighted by molar-refractivity contribution is 6.09. The smallest absolute Gasteiger partial charge is 0.0611 e. The van der Waals surface area contributed by atoms with E-state index in [0.717, 1.165) is 12.8 Å². The zero-order valence-corrected chi connectivity index (χ0v) is 26.0. The van der Waals surface area contributed by atoms with Gasteiger partial charge >= 0.3 is 0 Å². The van der Waals surface area contributed by atoms with Crippen molar-refractivity contribution < 1.29 is 0 Å². The molecule has 4 unspecified atom stereocenters. The van der Waals surface area contributed by atoms with Gasteiger partial charge in [0.25, 0.3) is 0 Å². The summed E-state index contributed by atoms with van der Waals surface area (Å²) < 4.78 is 2.43. The van der Waals surface area contributed by atoms with E-state index in [0.29, 0.717) is 5.92 Å². The fourth-order valence-electron chi connectivity index (χ4n) is 8.77. The first-order valence-corrected chi connectivity index (χ1v) is 16.8. The molecule has 2 aliphatic carbocycles. The Bertz CT molecular complexity index is 2250. The van der Waals surface area contributed by atoms with Crippen molar-refractivity contribution in [3.63, 3.8) is 0 Å². The summed E-state index contributed by atoms with van der Waals surface area (Å²) in [6.45, 7) is 0. The molecule has 6 aromatic rings. The predicted octanol–water partition coefficient (Wildman–Crippen LogP) is 9.80. The standard InChI is InChI=1S/C43H34N4/c1-2-11-30(12-3-1)45-26-24-29-21-22-41-42(43(29)45)36-23-25-44-28-37(36)35-17-6-9-20-40(35)47(41)32-14-10-13-31(27-32)46-38-18-7-4-15-33(38)34-16-5-8-19-39(34)46/h1-5,7-16,18-29,41-43H,6,17H2. The van der Waals surface area contributed by atoms with Gasteiger partial charge in [-0.1, -0.05) is 85.0 Å². The van der Waals surface area contributed by atoms with Crippen LogP contribution in [0.2, 0.25) is 0 Å². The molecule has 4 atom stereocenters. The Morgan fingerprint density at radius 2 is 1.43 bits per heavy atom. The molecule has 4 nitrogen and oxygen atoms in total. The lowest BCUT2D eigenvalue weighted by Crippen LogP contribution is -2.49. The summed E-state index contributed by atoms with van der Waals surface area (Å²) in [6, 6.07) is 40.3. The summed E-state index contributed by atoms with van der Waals surface area (Å²) in [5.41, 5.74) is 11.5. The summed E-state index contributed by atoms with van der Waals surface area (Å²) in [7, 11) is 0. The van der Waals surface area contributed by atoms with E-state index in [1.54, 1.807) is 0 Å². The van der Waals surface area contributed by atoms with Crippen LogP contribution in [0.3, 0.4) is 0 Å². The van der Waals surface area contributed by atoms with Gasteiger partial charge in [0.05, 0.1) is 23.1 Å². The average Bonchev–Trinajstić information content (AvgIpc) is 3.69. The molecule has 47 heavy (non-hydrogen) atoms. The van der Waals surface area contributed by atoms with E-state index in [2.05, 4.69) is 166 Å². The summed E-state index contributed by atoms with van der Waals surface area (Å²) in [6.07, 6.45) is 20.5. The Hall–Kier alpha value is -5.61. The van der Waals surface area contributed by atoms with Crippen LogP contribution in [0.5, 0.6) is 0 Å². The minimum atomic E-state index is 0.118. The molecule has 226 valence electrons. The molecule has 0 radical (unpaired) electrons. The number of rotatable bonds is 3. The minimum Gasteiger partial charge on any atom is -0.344 e. The number of allylic oxidation sites excluding steroid dienone is 3. The fourth-order valence-corrected chi connectivity index (χ4v) is 8.77. The van der Waals surface area contributed by atoms with Crippen molar-refractivity contribution in [2.75, 3.05) is 9.80 Å². The molecule has 10 rings (SSSR count). The van der Waals surface area contributed by atoms with E-state index < -0.39 is 0 Å². The molecule has 0 bridgehead atoms. The Labute approximate surface area is 274 Å². The lowest BCUT2D eigenvalue weighted by atomic mass is 9.73. The van der Waals surface area contributed by atoms with Crippen molar-refractivity contribution in [1.29, 1.82) is 0 Å². The summed E-state index contributed by atoms with van der Waals surface area (Å²) in [5.74, 6) is 0.544. The van der Waals surface area contributed by atoms with Crippen molar-refractivity contribution in [2.45, 2.75) is 30.8 Å². The van der Waals surface area contributed by atoms with Crippen LogP contribution in [-0.2, 0) is 0 Å². The second-order valence-electron chi connectivity index (χ2n) is 13.1. The Morgan fingerprint density at radius 1 is 0.681 bits per heavy atom. The van der Waals surface area contributed by atoms with Gasteiger partial charge in [-0.15, -0.1) is 0 Å². The molecule has 0 fully saturated rings. The highest BCUT2D eigenvalue weighted by Gasteiger charge is 2.47. The third kappa shape index (κ3) is 3.97. The summed E-state index contributed by atoms with van der Waals surface area (Å²) in [5, 5.41) is 2.56. The molecule has 0 saturated heterocycles. The van der Waals surface area contributed by atoms with E-state index in [4.69, 9.17) is 4.98 Å². The fraction of sp³-hybridized carbons (Fsp3) is 0.140. The van der Waals surface area contributed by atoms with Crippen LogP contribution in [0.25, 0.3) is 33.1 Å². The maximum atomic E-state index is 4.71. The highest BCUT2D eigenvalue weighted by Crippen LogP contribution is 2.51. The quantitative estimate of drug-likeness (QED) is 0.188. The number of fused-ring (bicyclic) bond motifs is 9. The number of aromatic nitrogens is 2. The molecule has 2 aliphatic heterocycles. The molecule has 4 aromatic carbocycles. The lowest BCUT2D eigenvalue weighted by molar-refractivity contribution is 0.426. The summed E-state index contributed by atoms with van der Waals surface area (Å²) >= 11 is 0. The van der Waals surface area contributed by atoms with Crippen molar-refractivity contribution in [1.82, 2.24) is 9.55 Å². The number of benzene rings is 4. The molecule has 0 saturated carbocycles. The Morgan fingerprint density at radius 3 is 2.26 bits per heavy atom. The molecular weight excluding hydrogens is 573 g/mol. The largest absolute Gasteiger partial charge is 0.344 e.